The van der Waals surface area contributed by atoms with E-state index in [0.717, 1.165) is 0 Å². The van der Waals surface area contributed by atoms with Gasteiger partial charge in [0.25, 0.3) is 0 Å². The Balaban J connectivity index is 1.29. The van der Waals surface area contributed by atoms with Crippen molar-refractivity contribution in [3.63, 3.8) is 0 Å². The summed E-state index contributed by atoms with van der Waals surface area (Å²) >= 11 is 0. The number of hydrogen-bond donors (Lipinski definition) is 0. The first-order valence-electron chi connectivity index (χ1n) is 15.2. The molecule has 0 saturated carbocycles. The van der Waals surface area contributed by atoms with Crippen LogP contribution in [0.3, 0.4) is 0 Å². The van der Waals surface area contributed by atoms with Gasteiger partial charge in [0.15, 0.2) is 0 Å². The zero-order chi connectivity index (χ0) is 28.7. The van der Waals surface area contributed by atoms with Crippen LogP contribution in [0.4, 0.5) is 0 Å². The highest BCUT2D eigenvalue weighted by Crippen LogP contribution is 2.50. The second-order valence-corrected chi connectivity index (χ2v) is 12.5. The van der Waals surface area contributed by atoms with Crippen molar-refractivity contribution in [1.29, 1.82) is 0 Å². The molecule has 9 rings (SSSR count). The number of rotatable bonds is 2. The van der Waals surface area contributed by atoms with E-state index in [9.17, 15) is 0 Å². The van der Waals surface area contributed by atoms with E-state index in [1.165, 1.54) is 87.6 Å². The maximum absolute atomic E-state index is 2.39. The summed E-state index contributed by atoms with van der Waals surface area (Å²) in [4.78, 5) is 0. The van der Waals surface area contributed by atoms with Gasteiger partial charge in [0.1, 0.15) is 0 Å². The van der Waals surface area contributed by atoms with Crippen LogP contribution in [0, 0.1) is 0 Å². The van der Waals surface area contributed by atoms with Gasteiger partial charge >= 0.3 is 0 Å². The second-order valence-electron chi connectivity index (χ2n) is 12.5. The third-order valence-corrected chi connectivity index (χ3v) is 9.84. The topological polar surface area (TPSA) is 0 Å². The Bertz CT molecular complexity index is 2410. The summed E-state index contributed by atoms with van der Waals surface area (Å²) in [5, 5.41) is 10.5. The minimum absolute atomic E-state index is 0.0523. The molecule has 8 aromatic carbocycles. The van der Waals surface area contributed by atoms with Crippen LogP contribution in [0.15, 0.2) is 146 Å². The summed E-state index contributed by atoms with van der Waals surface area (Å²) in [5.41, 5.74) is 10.6. The highest BCUT2D eigenvalue weighted by Gasteiger charge is 2.33. The lowest BCUT2D eigenvalue weighted by molar-refractivity contribution is 0.645. The largest absolute Gasteiger partial charge is 0.0622 e. The Labute approximate surface area is 251 Å². The molecule has 0 aliphatic heterocycles. The SMILES string of the molecule is CC1(C)c2ccccc2-c2cccc3c(-c4ccc5c(ccc6c(-c7ccccc7)c7ccccc7cc65)c4)ccc1c23. The summed E-state index contributed by atoms with van der Waals surface area (Å²) in [5.74, 6) is 0. The van der Waals surface area contributed by atoms with Crippen LogP contribution in [0.5, 0.6) is 0 Å². The van der Waals surface area contributed by atoms with Gasteiger partial charge in [-0.3, -0.25) is 0 Å². The van der Waals surface area contributed by atoms with Gasteiger partial charge in [0.2, 0.25) is 0 Å². The zero-order valence-electron chi connectivity index (χ0n) is 24.4. The van der Waals surface area contributed by atoms with Crippen molar-refractivity contribution in [2.24, 2.45) is 0 Å². The van der Waals surface area contributed by atoms with Crippen molar-refractivity contribution >= 4 is 43.1 Å². The standard InChI is InChI=1S/C43H30/c1-43(2)39-18-9-8-15-34(39)36-17-10-16-35-31(23-24-40(43)42(35)36)29-19-21-32-30(25-29)20-22-37-38(32)26-28-13-6-7-14-33(28)41(37)27-11-4-3-5-12-27/h3-26H,1-2H3. The maximum atomic E-state index is 2.39. The molecular weight excluding hydrogens is 516 g/mol. The Morgan fingerprint density at radius 2 is 1.09 bits per heavy atom. The molecule has 1 aliphatic carbocycles. The van der Waals surface area contributed by atoms with E-state index < -0.39 is 0 Å². The lowest BCUT2D eigenvalue weighted by Gasteiger charge is -2.35. The molecule has 0 bridgehead atoms. The Hall–Kier alpha value is -5.20. The van der Waals surface area contributed by atoms with Gasteiger partial charge in [-0.05, 0) is 99.7 Å². The van der Waals surface area contributed by atoms with Crippen LogP contribution in [-0.4, -0.2) is 0 Å². The van der Waals surface area contributed by atoms with Gasteiger partial charge in [0.05, 0.1) is 0 Å². The molecule has 202 valence electrons. The van der Waals surface area contributed by atoms with Gasteiger partial charge < -0.3 is 0 Å². The van der Waals surface area contributed by atoms with E-state index in [2.05, 4.69) is 159 Å². The predicted molar refractivity (Wildman–Crippen MR) is 185 cm³/mol. The molecule has 0 radical (unpaired) electrons. The molecular formula is C43H30. The van der Waals surface area contributed by atoms with Crippen molar-refractivity contribution in [3.8, 4) is 33.4 Å². The van der Waals surface area contributed by atoms with Gasteiger partial charge in [-0.1, -0.05) is 147 Å². The molecule has 0 saturated heterocycles. The van der Waals surface area contributed by atoms with Crippen LogP contribution < -0.4 is 0 Å². The Morgan fingerprint density at radius 3 is 2.00 bits per heavy atom. The molecule has 0 atom stereocenters. The average molecular weight is 547 g/mol. The molecule has 43 heavy (non-hydrogen) atoms. The lowest BCUT2D eigenvalue weighted by Crippen LogP contribution is -2.23. The summed E-state index contributed by atoms with van der Waals surface area (Å²) < 4.78 is 0. The first-order chi connectivity index (χ1) is 21.1. The van der Waals surface area contributed by atoms with Crippen LogP contribution in [0.25, 0.3) is 76.5 Å². The molecule has 0 fully saturated rings. The monoisotopic (exact) mass is 546 g/mol. The number of fused-ring (bicyclic) bond motifs is 6. The number of benzene rings is 8. The molecule has 0 aromatic heterocycles. The van der Waals surface area contributed by atoms with Gasteiger partial charge in [-0.2, -0.15) is 0 Å². The summed E-state index contributed by atoms with van der Waals surface area (Å²) in [6.07, 6.45) is 0. The third-order valence-electron chi connectivity index (χ3n) is 9.84. The highest BCUT2D eigenvalue weighted by molar-refractivity contribution is 6.20. The predicted octanol–water partition coefficient (Wildman–Crippen LogP) is 11.9. The Morgan fingerprint density at radius 1 is 0.372 bits per heavy atom. The van der Waals surface area contributed by atoms with Crippen molar-refractivity contribution in [2.45, 2.75) is 19.3 Å². The van der Waals surface area contributed by atoms with E-state index in [1.807, 2.05) is 0 Å². The zero-order valence-corrected chi connectivity index (χ0v) is 24.4. The van der Waals surface area contributed by atoms with E-state index in [-0.39, 0.29) is 5.41 Å². The van der Waals surface area contributed by atoms with Crippen LogP contribution in [-0.2, 0) is 5.41 Å². The van der Waals surface area contributed by atoms with E-state index in [4.69, 9.17) is 0 Å². The van der Waals surface area contributed by atoms with Crippen molar-refractivity contribution in [2.75, 3.05) is 0 Å². The quantitative estimate of drug-likeness (QED) is 0.149. The van der Waals surface area contributed by atoms with Gasteiger partial charge in [0, 0.05) is 5.41 Å². The summed E-state index contributed by atoms with van der Waals surface area (Å²) in [6.45, 7) is 4.73. The van der Waals surface area contributed by atoms with Crippen LogP contribution in [0.2, 0.25) is 0 Å². The minimum Gasteiger partial charge on any atom is -0.0622 e. The van der Waals surface area contributed by atoms with E-state index in [1.54, 1.807) is 0 Å². The minimum atomic E-state index is -0.0523. The Kier molecular flexibility index (Phi) is 5.05. The maximum Gasteiger partial charge on any atom is 0.0159 e. The molecule has 0 N–H and O–H groups in total. The molecule has 0 nitrogen and oxygen atoms in total. The summed E-state index contributed by atoms with van der Waals surface area (Å²) in [6, 6.07) is 54.1. The normalized spacial score (nSPS) is 13.5. The molecule has 0 amide bonds. The second kappa shape index (κ2) is 8.90. The molecule has 0 heterocycles. The van der Waals surface area contributed by atoms with Crippen LogP contribution >= 0.6 is 0 Å². The molecule has 0 unspecified atom stereocenters. The smallest absolute Gasteiger partial charge is 0.0159 e. The lowest BCUT2D eigenvalue weighted by atomic mass is 9.68. The van der Waals surface area contributed by atoms with E-state index >= 15 is 0 Å². The van der Waals surface area contributed by atoms with Gasteiger partial charge in [-0.15, -0.1) is 0 Å². The average Bonchev–Trinajstić information content (AvgIpc) is 3.06. The first kappa shape index (κ1) is 24.4. The third kappa shape index (κ3) is 3.44. The summed E-state index contributed by atoms with van der Waals surface area (Å²) in [7, 11) is 0. The molecule has 0 heteroatoms. The fourth-order valence-electron chi connectivity index (χ4n) is 7.77. The number of hydrogen-bond acceptors (Lipinski definition) is 0. The molecule has 1 aliphatic rings. The van der Waals surface area contributed by atoms with Crippen molar-refractivity contribution in [1.82, 2.24) is 0 Å². The molecule has 0 spiro atoms. The fraction of sp³-hybridized carbons (Fsp3) is 0.0698. The van der Waals surface area contributed by atoms with Crippen molar-refractivity contribution < 1.29 is 0 Å². The highest BCUT2D eigenvalue weighted by atomic mass is 14.4. The fourth-order valence-corrected chi connectivity index (χ4v) is 7.77. The first-order valence-corrected chi connectivity index (χ1v) is 15.2. The molecule has 8 aromatic rings. The van der Waals surface area contributed by atoms with Gasteiger partial charge in [-0.25, -0.2) is 0 Å². The van der Waals surface area contributed by atoms with E-state index in [0.29, 0.717) is 0 Å². The van der Waals surface area contributed by atoms with Crippen molar-refractivity contribution in [3.05, 3.63) is 157 Å². The van der Waals surface area contributed by atoms with Crippen LogP contribution in [0.1, 0.15) is 25.0 Å².